The molecule has 0 amide bonds. The third-order valence-electron chi connectivity index (χ3n) is 9.06. The number of piperazine rings is 1. The van der Waals surface area contributed by atoms with Gasteiger partial charge >= 0.3 is 0 Å². The Morgan fingerprint density at radius 3 is 1.92 bits per heavy atom. The summed E-state index contributed by atoms with van der Waals surface area (Å²) >= 11 is 1.67. The van der Waals surface area contributed by atoms with Crippen LogP contribution in [-0.2, 0) is 0 Å². The lowest BCUT2D eigenvalue weighted by Gasteiger charge is -2.34. The van der Waals surface area contributed by atoms with Gasteiger partial charge in [-0.3, -0.25) is 14.6 Å². The van der Waals surface area contributed by atoms with E-state index in [1.165, 1.54) is 27.4 Å². The molecule has 1 aliphatic heterocycles. The molecule has 1 saturated heterocycles. The van der Waals surface area contributed by atoms with Crippen molar-refractivity contribution in [2.45, 2.75) is 0 Å². The average molecular weight is 740 g/mol. The number of allylic oxidation sites excluding steroid dienone is 1. The van der Waals surface area contributed by atoms with Gasteiger partial charge in [0.25, 0.3) is 0 Å². The van der Waals surface area contributed by atoms with E-state index >= 15 is 0 Å². The first kappa shape index (κ1) is 37.5. The van der Waals surface area contributed by atoms with Gasteiger partial charge in [-0.05, 0) is 66.2 Å². The first-order valence-electron chi connectivity index (χ1n) is 17.4. The molecule has 4 aromatic carbocycles. The summed E-state index contributed by atoms with van der Waals surface area (Å²) in [6, 6.07) is 23.0. The van der Waals surface area contributed by atoms with Gasteiger partial charge in [0.2, 0.25) is 5.75 Å². The maximum atomic E-state index is 13.0. The van der Waals surface area contributed by atoms with Gasteiger partial charge in [-0.15, -0.1) is 11.3 Å². The molecule has 1 fully saturated rings. The molecule has 0 unspecified atom stereocenters. The summed E-state index contributed by atoms with van der Waals surface area (Å²) < 4.78 is 40.9. The Labute approximate surface area is 314 Å². The number of nitrogens with zero attached hydrogens (tertiary/aromatic N) is 3. The van der Waals surface area contributed by atoms with E-state index in [0.29, 0.717) is 53.3 Å². The zero-order valence-electron chi connectivity index (χ0n) is 30.8. The van der Waals surface area contributed by atoms with Crippen LogP contribution in [0.3, 0.4) is 0 Å². The zero-order chi connectivity index (χ0) is 37.2. The Balaban J connectivity index is 0.954. The zero-order valence-corrected chi connectivity index (χ0v) is 31.6. The van der Waals surface area contributed by atoms with Crippen LogP contribution in [0.4, 0.5) is 0 Å². The number of para-hydroxylation sites is 1. The van der Waals surface area contributed by atoms with Crippen LogP contribution in [0.15, 0.2) is 78.9 Å². The number of methoxy groups -OCH3 is 5. The van der Waals surface area contributed by atoms with Gasteiger partial charge < -0.3 is 33.2 Å². The fourth-order valence-corrected chi connectivity index (χ4v) is 7.08. The molecule has 12 heteroatoms. The van der Waals surface area contributed by atoms with E-state index in [-0.39, 0.29) is 5.78 Å². The van der Waals surface area contributed by atoms with E-state index in [9.17, 15) is 4.79 Å². The number of benzene rings is 4. The molecular formula is C41H45N3O8S. The Hall–Kier alpha value is -5.30. The summed E-state index contributed by atoms with van der Waals surface area (Å²) in [4.78, 5) is 22.6. The number of thiazole rings is 1. The maximum absolute atomic E-state index is 13.0. The van der Waals surface area contributed by atoms with Gasteiger partial charge in [0, 0.05) is 50.4 Å². The minimum atomic E-state index is -0.205. The molecule has 0 spiro atoms. The predicted molar refractivity (Wildman–Crippen MR) is 208 cm³/mol. The number of ether oxygens (including phenoxy) is 7. The van der Waals surface area contributed by atoms with E-state index < -0.39 is 0 Å². The molecule has 0 aliphatic carbocycles. The van der Waals surface area contributed by atoms with Crippen LogP contribution >= 0.6 is 11.3 Å². The Kier molecular flexibility index (Phi) is 12.7. The molecule has 0 saturated carbocycles. The summed E-state index contributed by atoms with van der Waals surface area (Å²) in [5, 5.41) is 0.961. The van der Waals surface area contributed by atoms with Crippen molar-refractivity contribution in [1.29, 1.82) is 0 Å². The van der Waals surface area contributed by atoms with E-state index in [1.54, 1.807) is 43.8 Å². The summed E-state index contributed by atoms with van der Waals surface area (Å²) in [5.41, 5.74) is 3.23. The highest BCUT2D eigenvalue weighted by atomic mass is 32.1. The quantitative estimate of drug-likeness (QED) is 0.0730. The number of hydrogen-bond donors (Lipinski definition) is 0. The predicted octanol–water partition coefficient (Wildman–Crippen LogP) is 6.98. The lowest BCUT2D eigenvalue weighted by molar-refractivity contribution is 0.104. The molecule has 278 valence electrons. The summed E-state index contributed by atoms with van der Waals surface area (Å²) in [7, 11) is 7.84. The molecular weight excluding hydrogens is 695 g/mol. The van der Waals surface area contributed by atoms with E-state index in [2.05, 4.69) is 15.9 Å². The lowest BCUT2D eigenvalue weighted by Crippen LogP contribution is -2.48. The smallest absolute Gasteiger partial charge is 0.203 e. The van der Waals surface area contributed by atoms with Crippen molar-refractivity contribution in [3.8, 4) is 50.8 Å². The van der Waals surface area contributed by atoms with Crippen LogP contribution in [0.5, 0.6) is 40.2 Å². The number of carbonyl (C=O) groups is 1. The second-order valence-corrected chi connectivity index (χ2v) is 13.3. The number of aromatic nitrogens is 1. The monoisotopic (exact) mass is 739 g/mol. The third kappa shape index (κ3) is 9.20. The standard InChI is InChI=1S/C41H45N3O8S/c1-46-33-14-11-28(10-13-32(45)30-26-37(48-3)40(50-5)38(27-30)49-4)24-36(33)52-23-21-44-18-16-43(17-19-44)20-22-51-34-15-12-29(25-35(34)47-2)41-42-31-8-6-7-9-39(31)53-41/h6-15,24-27H,16-23H2,1-5H3/b13-10+. The molecule has 5 aromatic rings. The maximum Gasteiger partial charge on any atom is 0.203 e. The van der Waals surface area contributed by atoms with Crippen LogP contribution in [0.25, 0.3) is 26.9 Å². The molecule has 0 N–H and O–H groups in total. The van der Waals surface area contributed by atoms with E-state index in [0.717, 1.165) is 71.4 Å². The molecule has 11 nitrogen and oxygen atoms in total. The minimum absolute atomic E-state index is 0.205. The van der Waals surface area contributed by atoms with Crippen molar-refractivity contribution in [2.75, 3.05) is 88.0 Å². The van der Waals surface area contributed by atoms with Crippen molar-refractivity contribution in [3.05, 3.63) is 90.0 Å². The fraction of sp³-hybridized carbons (Fsp3) is 0.317. The summed E-state index contributed by atoms with van der Waals surface area (Å²) in [6.45, 7) is 6.45. The number of carbonyl (C=O) groups excluding carboxylic acids is 1. The lowest BCUT2D eigenvalue weighted by atomic mass is 10.1. The van der Waals surface area contributed by atoms with Crippen molar-refractivity contribution < 1.29 is 38.0 Å². The normalized spacial score (nSPS) is 13.6. The Bertz CT molecular complexity index is 1980. The molecule has 1 aliphatic rings. The fourth-order valence-electron chi connectivity index (χ4n) is 6.12. The number of hydrogen-bond acceptors (Lipinski definition) is 12. The highest BCUT2D eigenvalue weighted by Gasteiger charge is 2.19. The van der Waals surface area contributed by atoms with Crippen LogP contribution in [0, 0.1) is 0 Å². The molecule has 53 heavy (non-hydrogen) atoms. The van der Waals surface area contributed by atoms with E-state index in [1.807, 2.05) is 54.6 Å². The van der Waals surface area contributed by atoms with Gasteiger partial charge in [-0.2, -0.15) is 0 Å². The van der Waals surface area contributed by atoms with Crippen LogP contribution in [0.1, 0.15) is 15.9 Å². The summed E-state index contributed by atoms with van der Waals surface area (Å²) in [6.07, 6.45) is 3.25. The molecule has 1 aromatic heterocycles. The largest absolute Gasteiger partial charge is 0.493 e. The Morgan fingerprint density at radius 1 is 0.679 bits per heavy atom. The van der Waals surface area contributed by atoms with Gasteiger partial charge in [0.1, 0.15) is 18.2 Å². The highest BCUT2D eigenvalue weighted by molar-refractivity contribution is 7.21. The van der Waals surface area contributed by atoms with Gasteiger partial charge in [-0.25, -0.2) is 4.98 Å². The second-order valence-electron chi connectivity index (χ2n) is 12.3. The number of rotatable bonds is 17. The van der Waals surface area contributed by atoms with Crippen molar-refractivity contribution in [1.82, 2.24) is 14.8 Å². The van der Waals surface area contributed by atoms with Crippen molar-refractivity contribution in [2.24, 2.45) is 0 Å². The third-order valence-corrected chi connectivity index (χ3v) is 10.1. The van der Waals surface area contributed by atoms with Gasteiger partial charge in [0.05, 0.1) is 45.8 Å². The molecule has 6 rings (SSSR count). The SMILES string of the molecule is COc1cc(-c2nc3ccccc3s2)ccc1OCCN1CCN(CCOc2cc(/C=C/C(=O)c3cc(OC)c(OC)c(OC)c3)ccc2OC)CC1. The van der Waals surface area contributed by atoms with E-state index in [4.69, 9.17) is 38.1 Å². The number of ketones is 1. The van der Waals surface area contributed by atoms with Gasteiger partial charge in [-0.1, -0.05) is 24.3 Å². The second kappa shape index (κ2) is 18.0. The van der Waals surface area contributed by atoms with Crippen molar-refractivity contribution in [3.63, 3.8) is 0 Å². The molecule has 0 radical (unpaired) electrons. The first-order valence-corrected chi connectivity index (χ1v) is 18.2. The van der Waals surface area contributed by atoms with Crippen LogP contribution in [-0.4, -0.2) is 109 Å². The Morgan fingerprint density at radius 2 is 1.30 bits per heavy atom. The van der Waals surface area contributed by atoms with Crippen LogP contribution in [0.2, 0.25) is 0 Å². The minimum Gasteiger partial charge on any atom is -0.493 e. The molecule has 0 bridgehead atoms. The van der Waals surface area contributed by atoms with Gasteiger partial charge in [0.15, 0.2) is 40.3 Å². The highest BCUT2D eigenvalue weighted by Crippen LogP contribution is 2.39. The molecule has 2 heterocycles. The first-order chi connectivity index (χ1) is 25.9. The molecule has 0 atom stereocenters. The number of fused-ring (bicyclic) bond motifs is 1. The summed E-state index contributed by atoms with van der Waals surface area (Å²) in [5.74, 6) is 3.74. The van der Waals surface area contributed by atoms with Crippen LogP contribution < -0.4 is 33.2 Å². The topological polar surface area (TPSA) is 101 Å². The van der Waals surface area contributed by atoms with Crippen molar-refractivity contribution >= 4 is 33.4 Å². The average Bonchev–Trinajstić information content (AvgIpc) is 3.64.